The molecule has 1 aromatic rings. The van der Waals surface area contributed by atoms with Gasteiger partial charge >= 0.3 is 0 Å². The maximum absolute atomic E-state index is 5.62. The summed E-state index contributed by atoms with van der Waals surface area (Å²) in [6.07, 6.45) is 5.86. The Kier molecular flexibility index (Phi) is 3.09. The average molecular weight is 205 g/mol. The molecule has 1 heterocycles. The molecule has 15 heavy (non-hydrogen) atoms. The fraction of sp³-hybridized carbons (Fsp3) is 0.583. The molecule has 3 nitrogen and oxygen atoms in total. The Hall–Kier alpha value is -1.25. The van der Waals surface area contributed by atoms with Crippen molar-refractivity contribution in [1.29, 1.82) is 0 Å². The summed E-state index contributed by atoms with van der Waals surface area (Å²) in [7, 11) is 0. The zero-order valence-electron chi connectivity index (χ0n) is 9.24. The standard InChI is InChI=1S/C12H19N3/c1-9-3-2-4-10(9)8-15-11-5-6-14-12(13)7-11/h5-7,9-10H,2-4,8H2,1H3,(H3,13,14,15). The zero-order chi connectivity index (χ0) is 10.7. The lowest BCUT2D eigenvalue weighted by Crippen LogP contribution is -2.16. The third-order valence-corrected chi connectivity index (χ3v) is 3.39. The molecular formula is C12H19N3. The summed E-state index contributed by atoms with van der Waals surface area (Å²) in [4.78, 5) is 3.97. The second-order valence-corrected chi connectivity index (χ2v) is 4.52. The quantitative estimate of drug-likeness (QED) is 0.797. The van der Waals surface area contributed by atoms with Crippen molar-refractivity contribution in [2.24, 2.45) is 11.8 Å². The minimum Gasteiger partial charge on any atom is -0.385 e. The number of nitrogens with one attached hydrogen (secondary N) is 1. The topological polar surface area (TPSA) is 50.9 Å². The average Bonchev–Trinajstić information content (AvgIpc) is 2.61. The van der Waals surface area contributed by atoms with Crippen molar-refractivity contribution >= 4 is 11.5 Å². The molecule has 0 radical (unpaired) electrons. The van der Waals surface area contributed by atoms with Crippen LogP contribution in [0.5, 0.6) is 0 Å². The summed E-state index contributed by atoms with van der Waals surface area (Å²) in [5, 5.41) is 3.44. The minimum absolute atomic E-state index is 0.583. The van der Waals surface area contributed by atoms with Gasteiger partial charge in [0, 0.05) is 24.5 Å². The lowest BCUT2D eigenvalue weighted by Gasteiger charge is -2.16. The van der Waals surface area contributed by atoms with Gasteiger partial charge in [-0.25, -0.2) is 4.98 Å². The number of pyridine rings is 1. The molecule has 2 rings (SSSR count). The van der Waals surface area contributed by atoms with Gasteiger partial charge in [0.1, 0.15) is 5.82 Å². The van der Waals surface area contributed by atoms with Gasteiger partial charge in [-0.05, 0) is 24.3 Å². The van der Waals surface area contributed by atoms with E-state index >= 15 is 0 Å². The lowest BCUT2D eigenvalue weighted by atomic mass is 9.98. The zero-order valence-corrected chi connectivity index (χ0v) is 9.24. The number of nitrogens with zero attached hydrogens (tertiary/aromatic N) is 1. The first-order valence-corrected chi connectivity index (χ1v) is 5.71. The maximum atomic E-state index is 5.62. The Labute approximate surface area is 91.1 Å². The molecule has 0 spiro atoms. The van der Waals surface area contributed by atoms with E-state index in [1.54, 1.807) is 6.20 Å². The molecule has 0 aliphatic heterocycles. The maximum Gasteiger partial charge on any atom is 0.125 e. The predicted molar refractivity (Wildman–Crippen MR) is 63.6 cm³/mol. The van der Waals surface area contributed by atoms with Crippen molar-refractivity contribution in [3.63, 3.8) is 0 Å². The van der Waals surface area contributed by atoms with Crippen molar-refractivity contribution in [3.8, 4) is 0 Å². The molecule has 3 heteroatoms. The van der Waals surface area contributed by atoms with E-state index in [-0.39, 0.29) is 0 Å². The summed E-state index contributed by atoms with van der Waals surface area (Å²) in [6, 6.07) is 3.86. The molecule has 1 fully saturated rings. The van der Waals surface area contributed by atoms with Gasteiger partial charge in [0.05, 0.1) is 0 Å². The summed E-state index contributed by atoms with van der Waals surface area (Å²) in [5.74, 6) is 2.26. The normalized spacial score (nSPS) is 25.4. The van der Waals surface area contributed by atoms with Crippen molar-refractivity contribution in [2.75, 3.05) is 17.6 Å². The summed E-state index contributed by atoms with van der Waals surface area (Å²) in [6.45, 7) is 3.41. The highest BCUT2D eigenvalue weighted by molar-refractivity contribution is 5.49. The Morgan fingerprint density at radius 1 is 1.53 bits per heavy atom. The molecule has 0 aromatic carbocycles. The number of aromatic nitrogens is 1. The molecule has 1 aromatic heterocycles. The van der Waals surface area contributed by atoms with Crippen LogP contribution in [0.1, 0.15) is 26.2 Å². The fourth-order valence-corrected chi connectivity index (χ4v) is 2.33. The first-order valence-electron chi connectivity index (χ1n) is 5.71. The van der Waals surface area contributed by atoms with Gasteiger partial charge < -0.3 is 11.1 Å². The van der Waals surface area contributed by atoms with Crippen LogP contribution in [0.15, 0.2) is 18.3 Å². The third kappa shape index (κ3) is 2.61. The van der Waals surface area contributed by atoms with E-state index in [1.807, 2.05) is 12.1 Å². The molecule has 3 N–H and O–H groups in total. The van der Waals surface area contributed by atoms with Gasteiger partial charge in [-0.15, -0.1) is 0 Å². The molecule has 0 amide bonds. The van der Waals surface area contributed by atoms with Crippen LogP contribution in [0.2, 0.25) is 0 Å². The SMILES string of the molecule is CC1CCCC1CNc1ccnc(N)c1. The molecule has 0 bridgehead atoms. The lowest BCUT2D eigenvalue weighted by molar-refractivity contribution is 0.439. The molecular weight excluding hydrogens is 186 g/mol. The van der Waals surface area contributed by atoms with E-state index in [4.69, 9.17) is 5.73 Å². The molecule has 1 aliphatic rings. The second-order valence-electron chi connectivity index (χ2n) is 4.52. The van der Waals surface area contributed by atoms with Crippen LogP contribution in [0.25, 0.3) is 0 Å². The number of nitrogen functional groups attached to an aromatic ring is 1. The Bertz CT molecular complexity index is 324. The van der Waals surface area contributed by atoms with Crippen LogP contribution < -0.4 is 11.1 Å². The van der Waals surface area contributed by atoms with E-state index in [9.17, 15) is 0 Å². The van der Waals surface area contributed by atoms with Crippen LogP contribution in [0.4, 0.5) is 11.5 Å². The third-order valence-electron chi connectivity index (χ3n) is 3.39. The van der Waals surface area contributed by atoms with E-state index in [2.05, 4.69) is 17.2 Å². The van der Waals surface area contributed by atoms with E-state index < -0.39 is 0 Å². The second kappa shape index (κ2) is 4.51. The Balaban J connectivity index is 1.87. The Morgan fingerprint density at radius 3 is 3.07 bits per heavy atom. The number of hydrogen-bond acceptors (Lipinski definition) is 3. The number of rotatable bonds is 3. The van der Waals surface area contributed by atoms with Crippen molar-refractivity contribution in [1.82, 2.24) is 4.98 Å². The highest BCUT2D eigenvalue weighted by atomic mass is 14.9. The van der Waals surface area contributed by atoms with Crippen LogP contribution in [-0.2, 0) is 0 Å². The minimum atomic E-state index is 0.583. The number of hydrogen-bond donors (Lipinski definition) is 2. The van der Waals surface area contributed by atoms with E-state index in [0.29, 0.717) is 5.82 Å². The molecule has 1 saturated carbocycles. The van der Waals surface area contributed by atoms with Crippen LogP contribution >= 0.6 is 0 Å². The molecule has 1 aliphatic carbocycles. The van der Waals surface area contributed by atoms with Gasteiger partial charge in [-0.3, -0.25) is 0 Å². The molecule has 2 atom stereocenters. The summed E-state index contributed by atoms with van der Waals surface area (Å²) < 4.78 is 0. The van der Waals surface area contributed by atoms with Gasteiger partial charge in [0.25, 0.3) is 0 Å². The van der Waals surface area contributed by atoms with Gasteiger partial charge in [-0.1, -0.05) is 19.8 Å². The van der Waals surface area contributed by atoms with Crippen molar-refractivity contribution in [2.45, 2.75) is 26.2 Å². The molecule has 2 unspecified atom stereocenters. The van der Waals surface area contributed by atoms with Crippen molar-refractivity contribution in [3.05, 3.63) is 18.3 Å². The van der Waals surface area contributed by atoms with Gasteiger partial charge in [-0.2, -0.15) is 0 Å². The monoisotopic (exact) mass is 205 g/mol. The first kappa shape index (κ1) is 10.3. The number of anilines is 2. The van der Waals surface area contributed by atoms with E-state index in [0.717, 1.165) is 24.1 Å². The van der Waals surface area contributed by atoms with Crippen LogP contribution in [-0.4, -0.2) is 11.5 Å². The first-order chi connectivity index (χ1) is 7.25. The largest absolute Gasteiger partial charge is 0.385 e. The van der Waals surface area contributed by atoms with Crippen LogP contribution in [0.3, 0.4) is 0 Å². The highest BCUT2D eigenvalue weighted by Gasteiger charge is 2.22. The predicted octanol–water partition coefficient (Wildman–Crippen LogP) is 2.51. The smallest absolute Gasteiger partial charge is 0.125 e. The van der Waals surface area contributed by atoms with E-state index in [1.165, 1.54) is 19.3 Å². The molecule has 0 saturated heterocycles. The fourth-order valence-electron chi connectivity index (χ4n) is 2.33. The van der Waals surface area contributed by atoms with Gasteiger partial charge in [0.2, 0.25) is 0 Å². The van der Waals surface area contributed by atoms with Crippen LogP contribution in [0, 0.1) is 11.8 Å². The number of nitrogens with two attached hydrogens (primary N) is 1. The Morgan fingerprint density at radius 2 is 2.40 bits per heavy atom. The van der Waals surface area contributed by atoms with Crippen molar-refractivity contribution < 1.29 is 0 Å². The summed E-state index contributed by atoms with van der Waals surface area (Å²) in [5.41, 5.74) is 6.70. The van der Waals surface area contributed by atoms with Gasteiger partial charge in [0.15, 0.2) is 0 Å². The molecule has 82 valence electrons. The summed E-state index contributed by atoms with van der Waals surface area (Å²) >= 11 is 0. The highest BCUT2D eigenvalue weighted by Crippen LogP contribution is 2.31.